The van der Waals surface area contributed by atoms with Crippen molar-refractivity contribution in [3.63, 3.8) is 0 Å². The Balaban J connectivity index is 2.39. The van der Waals surface area contributed by atoms with Gasteiger partial charge in [0.05, 0.1) is 0 Å². The third-order valence-electron chi connectivity index (χ3n) is 1.43. The summed E-state index contributed by atoms with van der Waals surface area (Å²) in [4.78, 5) is 9.78. The van der Waals surface area contributed by atoms with Crippen molar-refractivity contribution < 1.29 is 0 Å². The lowest BCUT2D eigenvalue weighted by Crippen LogP contribution is -1.95. The van der Waals surface area contributed by atoms with Crippen molar-refractivity contribution in [3.05, 3.63) is 16.5 Å². The summed E-state index contributed by atoms with van der Waals surface area (Å²) in [6.45, 7) is 2.06. The van der Waals surface area contributed by atoms with Crippen molar-refractivity contribution >= 4 is 29.0 Å². The van der Waals surface area contributed by atoms with Gasteiger partial charge in [-0.1, -0.05) is 11.6 Å². The highest BCUT2D eigenvalue weighted by Crippen LogP contribution is 2.22. The van der Waals surface area contributed by atoms with Crippen molar-refractivity contribution in [3.8, 4) is 0 Å². The molecule has 1 saturated heterocycles. The van der Waals surface area contributed by atoms with Crippen LogP contribution in [0.5, 0.6) is 0 Å². The van der Waals surface area contributed by atoms with E-state index >= 15 is 0 Å². The quantitative estimate of drug-likeness (QED) is 0.382. The fraction of sp³-hybridized carbons (Fsp3) is 0.333. The van der Waals surface area contributed by atoms with E-state index in [2.05, 4.69) is 14.9 Å². The molecule has 0 bridgehead atoms. The first-order valence-corrected chi connectivity index (χ1v) is 3.96. The fourth-order valence-electron chi connectivity index (χ4n) is 0.820. The SMILES string of the molecule is Clc1cc(N2CC2)nc(Cl)n1. The predicted octanol–water partition coefficient (Wildman–Crippen LogP) is 1.60. The highest BCUT2D eigenvalue weighted by atomic mass is 35.5. The Morgan fingerprint density at radius 1 is 1.27 bits per heavy atom. The van der Waals surface area contributed by atoms with Gasteiger partial charge in [-0.15, -0.1) is 0 Å². The van der Waals surface area contributed by atoms with Crippen molar-refractivity contribution in [2.45, 2.75) is 0 Å². The largest absolute Gasteiger partial charge is 0.353 e. The monoisotopic (exact) mass is 189 g/mol. The van der Waals surface area contributed by atoms with Crippen LogP contribution < -0.4 is 4.90 Å². The van der Waals surface area contributed by atoms with E-state index in [9.17, 15) is 0 Å². The van der Waals surface area contributed by atoms with Gasteiger partial charge in [0.2, 0.25) is 5.28 Å². The summed E-state index contributed by atoms with van der Waals surface area (Å²) in [5.41, 5.74) is 0. The minimum Gasteiger partial charge on any atom is -0.353 e. The smallest absolute Gasteiger partial charge is 0.225 e. The summed E-state index contributed by atoms with van der Waals surface area (Å²) < 4.78 is 0. The molecule has 0 spiro atoms. The van der Waals surface area contributed by atoms with Crippen LogP contribution in [0.2, 0.25) is 10.4 Å². The van der Waals surface area contributed by atoms with Crippen molar-refractivity contribution in [2.75, 3.05) is 18.0 Å². The molecule has 2 heterocycles. The molecule has 5 heteroatoms. The Morgan fingerprint density at radius 2 is 2.00 bits per heavy atom. The summed E-state index contributed by atoms with van der Waals surface area (Å²) in [5, 5.41) is 0.603. The Labute approximate surface area is 74.0 Å². The normalized spacial score (nSPS) is 15.3. The summed E-state index contributed by atoms with van der Waals surface area (Å²) in [6, 6.07) is 1.71. The molecule has 1 aromatic rings. The van der Waals surface area contributed by atoms with Crippen LogP contribution in [0.3, 0.4) is 0 Å². The lowest BCUT2D eigenvalue weighted by Gasteiger charge is -2.00. The summed E-state index contributed by atoms with van der Waals surface area (Å²) in [6.07, 6.45) is 0. The van der Waals surface area contributed by atoms with Crippen LogP contribution in [0.1, 0.15) is 0 Å². The molecule has 0 atom stereocenters. The molecule has 1 fully saturated rings. The highest BCUT2D eigenvalue weighted by molar-refractivity contribution is 6.32. The number of anilines is 1. The van der Waals surface area contributed by atoms with Crippen LogP contribution in [-0.2, 0) is 0 Å². The van der Waals surface area contributed by atoms with E-state index in [1.54, 1.807) is 6.07 Å². The first kappa shape index (κ1) is 7.13. The first-order valence-electron chi connectivity index (χ1n) is 3.21. The van der Waals surface area contributed by atoms with Gasteiger partial charge in [-0.3, -0.25) is 0 Å². The maximum absolute atomic E-state index is 5.66. The van der Waals surface area contributed by atoms with E-state index in [0.29, 0.717) is 5.15 Å². The van der Waals surface area contributed by atoms with Crippen molar-refractivity contribution in [1.82, 2.24) is 9.97 Å². The van der Waals surface area contributed by atoms with Crippen LogP contribution in [0.4, 0.5) is 5.82 Å². The number of nitrogens with zero attached hydrogens (tertiary/aromatic N) is 3. The molecule has 11 heavy (non-hydrogen) atoms. The molecular weight excluding hydrogens is 185 g/mol. The van der Waals surface area contributed by atoms with Crippen molar-refractivity contribution in [2.24, 2.45) is 0 Å². The van der Waals surface area contributed by atoms with Gasteiger partial charge in [0, 0.05) is 19.2 Å². The van der Waals surface area contributed by atoms with Gasteiger partial charge < -0.3 is 4.90 Å². The average Bonchev–Trinajstić information content (AvgIpc) is 2.64. The van der Waals surface area contributed by atoms with Gasteiger partial charge in [0.25, 0.3) is 0 Å². The van der Waals surface area contributed by atoms with Gasteiger partial charge >= 0.3 is 0 Å². The second-order valence-corrected chi connectivity index (χ2v) is 3.03. The zero-order valence-electron chi connectivity index (χ0n) is 5.59. The first-order chi connectivity index (χ1) is 5.25. The van der Waals surface area contributed by atoms with Crippen LogP contribution in [0, 0.1) is 0 Å². The Hall–Kier alpha value is -0.540. The average molecular weight is 190 g/mol. The zero-order chi connectivity index (χ0) is 7.84. The van der Waals surface area contributed by atoms with Crippen LogP contribution in [0.15, 0.2) is 6.07 Å². The van der Waals surface area contributed by atoms with Crippen LogP contribution >= 0.6 is 23.2 Å². The second kappa shape index (κ2) is 2.50. The minimum absolute atomic E-state index is 0.208. The molecule has 0 saturated carbocycles. The third kappa shape index (κ3) is 1.54. The third-order valence-corrected chi connectivity index (χ3v) is 1.79. The number of rotatable bonds is 1. The molecule has 0 radical (unpaired) electrons. The van der Waals surface area contributed by atoms with Crippen LogP contribution in [-0.4, -0.2) is 23.1 Å². The Bertz CT molecular complexity index is 265. The van der Waals surface area contributed by atoms with Crippen molar-refractivity contribution in [1.29, 1.82) is 0 Å². The molecule has 1 aliphatic rings. The second-order valence-electron chi connectivity index (χ2n) is 2.30. The fourth-order valence-corrected chi connectivity index (χ4v) is 1.22. The number of halogens is 2. The van der Waals surface area contributed by atoms with Gasteiger partial charge in [-0.2, -0.15) is 0 Å². The topological polar surface area (TPSA) is 28.8 Å². The molecule has 0 aliphatic carbocycles. The van der Waals surface area contributed by atoms with E-state index in [1.165, 1.54) is 0 Å². The summed E-state index contributed by atoms with van der Waals surface area (Å²) in [7, 11) is 0. The molecule has 2 rings (SSSR count). The van der Waals surface area contributed by atoms with E-state index in [1.807, 2.05) is 0 Å². The van der Waals surface area contributed by atoms with E-state index in [-0.39, 0.29) is 5.28 Å². The Kier molecular flexibility index (Phi) is 1.62. The molecule has 0 amide bonds. The highest BCUT2D eigenvalue weighted by Gasteiger charge is 2.20. The standard InChI is InChI=1S/C6H5Cl2N3/c7-4-3-5(11-1-2-11)10-6(8)9-4/h3H,1-2H2. The molecule has 1 aliphatic heterocycles. The van der Waals surface area contributed by atoms with E-state index in [4.69, 9.17) is 23.2 Å². The van der Waals surface area contributed by atoms with Gasteiger partial charge in [0.15, 0.2) is 0 Å². The summed E-state index contributed by atoms with van der Waals surface area (Å²) in [5.74, 6) is 0.815. The summed E-state index contributed by atoms with van der Waals surface area (Å²) >= 11 is 11.2. The van der Waals surface area contributed by atoms with E-state index in [0.717, 1.165) is 18.9 Å². The minimum atomic E-state index is 0.208. The van der Waals surface area contributed by atoms with E-state index < -0.39 is 0 Å². The number of hydrogen-bond acceptors (Lipinski definition) is 3. The number of aromatic nitrogens is 2. The number of hydrogen-bond donors (Lipinski definition) is 0. The lowest BCUT2D eigenvalue weighted by atomic mass is 10.6. The molecular formula is C6H5Cl2N3. The molecule has 0 aromatic carbocycles. The van der Waals surface area contributed by atoms with Gasteiger partial charge in [-0.05, 0) is 11.6 Å². The van der Waals surface area contributed by atoms with Gasteiger partial charge in [-0.25, -0.2) is 9.97 Å². The molecule has 0 N–H and O–H groups in total. The molecule has 3 nitrogen and oxygen atoms in total. The molecule has 58 valence electrons. The van der Waals surface area contributed by atoms with Gasteiger partial charge in [0.1, 0.15) is 11.0 Å². The Morgan fingerprint density at radius 3 is 2.55 bits per heavy atom. The maximum atomic E-state index is 5.66. The molecule has 0 unspecified atom stereocenters. The molecule has 1 aromatic heterocycles. The lowest BCUT2D eigenvalue weighted by molar-refractivity contribution is 1.13. The van der Waals surface area contributed by atoms with Crippen LogP contribution in [0.25, 0.3) is 0 Å². The maximum Gasteiger partial charge on any atom is 0.225 e. The zero-order valence-corrected chi connectivity index (χ0v) is 7.10. The predicted molar refractivity (Wildman–Crippen MR) is 44.3 cm³/mol.